The zero-order valence-electron chi connectivity index (χ0n) is 6.62. The van der Waals surface area contributed by atoms with Crippen molar-refractivity contribution >= 4 is 42.0 Å². The van der Waals surface area contributed by atoms with E-state index in [0.29, 0.717) is 8.95 Å². The van der Waals surface area contributed by atoms with Crippen molar-refractivity contribution in [3.8, 4) is 0 Å². The van der Waals surface area contributed by atoms with Crippen LogP contribution in [0.1, 0.15) is 0 Å². The summed E-state index contributed by atoms with van der Waals surface area (Å²) in [6.45, 7) is 0. The topological polar surface area (TPSA) is 57.2 Å². The van der Waals surface area contributed by atoms with Crippen LogP contribution in [0, 0.1) is 0 Å². The van der Waals surface area contributed by atoms with Crippen LogP contribution in [0.25, 0.3) is 0 Å². The molecule has 1 aromatic carbocycles. The molecule has 13 heavy (non-hydrogen) atoms. The maximum Gasteiger partial charge on any atom is 1.00 e. The third kappa shape index (κ3) is 4.42. The monoisotopic (exact) mass is 336 g/mol. The Bertz CT molecular complexity index is 384. The quantitative estimate of drug-likeness (QED) is 0.494. The van der Waals surface area contributed by atoms with Gasteiger partial charge < -0.3 is 4.55 Å². The Morgan fingerprint density at radius 3 is 1.77 bits per heavy atom. The van der Waals surface area contributed by atoms with Gasteiger partial charge in [-0.1, -0.05) is 31.9 Å². The van der Waals surface area contributed by atoms with Gasteiger partial charge in [0, 0.05) is 8.95 Å². The fraction of sp³-hybridized carbons (Fsp3) is 0. The van der Waals surface area contributed by atoms with E-state index in [1.165, 1.54) is 12.1 Å². The van der Waals surface area contributed by atoms with Gasteiger partial charge in [-0.2, -0.15) is 0 Å². The van der Waals surface area contributed by atoms with Crippen LogP contribution in [-0.4, -0.2) is 13.0 Å². The van der Waals surface area contributed by atoms with E-state index in [-0.39, 0.29) is 34.5 Å². The van der Waals surface area contributed by atoms with Gasteiger partial charge in [0.25, 0.3) is 0 Å². The van der Waals surface area contributed by atoms with Crippen molar-refractivity contribution in [1.82, 2.24) is 0 Å². The molecule has 66 valence electrons. The van der Waals surface area contributed by atoms with Crippen molar-refractivity contribution in [2.45, 2.75) is 4.90 Å². The first-order chi connectivity index (χ1) is 5.39. The van der Waals surface area contributed by atoms with Gasteiger partial charge in [-0.05, 0) is 18.2 Å². The molecule has 1 aromatic rings. The minimum absolute atomic E-state index is 0. The zero-order valence-corrected chi connectivity index (χ0v) is 12.6. The third-order valence-electron chi connectivity index (χ3n) is 1.12. The summed E-state index contributed by atoms with van der Waals surface area (Å²) in [7, 11) is -4.36. The van der Waals surface area contributed by atoms with E-state index in [9.17, 15) is 13.0 Å². The molecule has 0 amide bonds. The maximum atomic E-state index is 10.5. The van der Waals surface area contributed by atoms with Crippen molar-refractivity contribution < 1.29 is 42.5 Å². The molecule has 1 rings (SSSR count). The standard InChI is InChI=1S/C6H4Br2O3S.Na/c7-4-1-5(8)3-6(2-4)12(9,10)11;/h1-3H,(H,9,10,11);/q;+1/p-1. The molecular weight excluding hydrogens is 335 g/mol. The molecule has 0 fully saturated rings. The number of hydrogen-bond acceptors (Lipinski definition) is 3. The minimum Gasteiger partial charge on any atom is -0.744 e. The molecule has 0 unspecified atom stereocenters. The van der Waals surface area contributed by atoms with Gasteiger partial charge >= 0.3 is 29.6 Å². The molecule has 0 atom stereocenters. The Hall–Kier alpha value is 1.09. The summed E-state index contributed by atoms with van der Waals surface area (Å²) in [6, 6.07) is 4.16. The average Bonchev–Trinajstić information content (AvgIpc) is 1.82. The Kier molecular flexibility index (Phi) is 5.69. The van der Waals surface area contributed by atoms with Crippen LogP contribution in [0.15, 0.2) is 32.0 Å². The summed E-state index contributed by atoms with van der Waals surface area (Å²) in [6.07, 6.45) is 0. The molecule has 0 saturated heterocycles. The summed E-state index contributed by atoms with van der Waals surface area (Å²) >= 11 is 6.14. The van der Waals surface area contributed by atoms with Crippen molar-refractivity contribution in [2.24, 2.45) is 0 Å². The second-order valence-electron chi connectivity index (χ2n) is 2.06. The van der Waals surface area contributed by atoms with Gasteiger partial charge in [0.05, 0.1) is 4.90 Å². The number of benzene rings is 1. The summed E-state index contributed by atoms with van der Waals surface area (Å²) in [4.78, 5) is -0.247. The first-order valence-corrected chi connectivity index (χ1v) is 5.81. The first kappa shape index (κ1) is 14.1. The summed E-state index contributed by atoms with van der Waals surface area (Å²) in [5, 5.41) is 0. The molecule has 0 saturated carbocycles. The third-order valence-corrected chi connectivity index (χ3v) is 2.85. The maximum absolute atomic E-state index is 10.5. The van der Waals surface area contributed by atoms with E-state index in [2.05, 4.69) is 31.9 Å². The number of rotatable bonds is 1. The van der Waals surface area contributed by atoms with Crippen molar-refractivity contribution in [2.75, 3.05) is 0 Å². The molecular formula is C6H3Br2NaO3S. The normalized spacial score (nSPS) is 10.7. The Morgan fingerprint density at radius 2 is 1.46 bits per heavy atom. The van der Waals surface area contributed by atoms with Gasteiger partial charge in [0.15, 0.2) is 0 Å². The van der Waals surface area contributed by atoms with Crippen molar-refractivity contribution in [1.29, 1.82) is 0 Å². The van der Waals surface area contributed by atoms with E-state index >= 15 is 0 Å². The minimum atomic E-state index is -4.36. The molecule has 0 aliphatic carbocycles. The summed E-state index contributed by atoms with van der Waals surface area (Å²) in [5.74, 6) is 0. The van der Waals surface area contributed by atoms with E-state index in [1.807, 2.05) is 0 Å². The van der Waals surface area contributed by atoms with E-state index in [4.69, 9.17) is 0 Å². The first-order valence-electron chi connectivity index (χ1n) is 2.81. The molecule has 0 aliphatic rings. The summed E-state index contributed by atoms with van der Waals surface area (Å²) in [5.41, 5.74) is 0. The number of halogens is 2. The predicted molar refractivity (Wildman–Crippen MR) is 49.8 cm³/mol. The molecule has 0 radical (unpaired) electrons. The molecule has 0 N–H and O–H groups in total. The van der Waals surface area contributed by atoms with Gasteiger partial charge in [0.2, 0.25) is 0 Å². The van der Waals surface area contributed by atoms with Crippen molar-refractivity contribution in [3.05, 3.63) is 27.1 Å². The van der Waals surface area contributed by atoms with Crippen LogP contribution >= 0.6 is 31.9 Å². The van der Waals surface area contributed by atoms with Gasteiger partial charge in [-0.15, -0.1) is 0 Å². The fourth-order valence-corrected chi connectivity index (χ4v) is 2.81. The second-order valence-corrected chi connectivity index (χ2v) is 5.27. The van der Waals surface area contributed by atoms with E-state index in [1.54, 1.807) is 6.07 Å². The smallest absolute Gasteiger partial charge is 0.744 e. The predicted octanol–water partition coefficient (Wildman–Crippen LogP) is -0.880. The fourth-order valence-electron chi connectivity index (χ4n) is 0.673. The van der Waals surface area contributed by atoms with Crippen LogP contribution in [0.2, 0.25) is 0 Å². The van der Waals surface area contributed by atoms with Crippen LogP contribution in [0.5, 0.6) is 0 Å². The van der Waals surface area contributed by atoms with Crippen LogP contribution < -0.4 is 29.6 Å². The van der Waals surface area contributed by atoms with Crippen LogP contribution in [0.4, 0.5) is 0 Å². The van der Waals surface area contributed by atoms with Gasteiger partial charge in [-0.3, -0.25) is 0 Å². The SMILES string of the molecule is O=S(=O)([O-])c1cc(Br)cc(Br)c1.[Na+]. The van der Waals surface area contributed by atoms with Crippen LogP contribution in [0.3, 0.4) is 0 Å². The molecule has 0 bridgehead atoms. The Labute approximate surface area is 115 Å². The Morgan fingerprint density at radius 1 is 1.08 bits per heavy atom. The van der Waals surface area contributed by atoms with Crippen molar-refractivity contribution in [3.63, 3.8) is 0 Å². The molecule has 7 heteroatoms. The average molecular weight is 338 g/mol. The molecule has 0 aliphatic heterocycles. The van der Waals surface area contributed by atoms with E-state index < -0.39 is 10.1 Å². The van der Waals surface area contributed by atoms with Gasteiger partial charge in [-0.25, -0.2) is 8.42 Å². The molecule has 0 spiro atoms. The number of hydrogen-bond donors (Lipinski definition) is 0. The molecule has 0 aromatic heterocycles. The Balaban J connectivity index is 0.00000144. The molecule has 0 heterocycles. The molecule has 3 nitrogen and oxygen atoms in total. The second kappa shape index (κ2) is 5.25. The zero-order chi connectivity index (χ0) is 9.35. The van der Waals surface area contributed by atoms with E-state index in [0.717, 1.165) is 0 Å². The largest absolute Gasteiger partial charge is 1.00 e. The van der Waals surface area contributed by atoms with Gasteiger partial charge in [0.1, 0.15) is 10.1 Å². The van der Waals surface area contributed by atoms with Crippen LogP contribution in [-0.2, 0) is 10.1 Å². The summed E-state index contributed by atoms with van der Waals surface area (Å²) < 4.78 is 32.7.